The second kappa shape index (κ2) is 8.09. The van der Waals surface area contributed by atoms with E-state index in [0.717, 1.165) is 5.56 Å². The van der Waals surface area contributed by atoms with Crippen molar-refractivity contribution in [1.29, 1.82) is 0 Å². The molecule has 0 fully saturated rings. The molecule has 0 saturated carbocycles. The summed E-state index contributed by atoms with van der Waals surface area (Å²) in [5.41, 5.74) is 1.05. The van der Waals surface area contributed by atoms with E-state index in [4.69, 9.17) is 4.42 Å². The van der Waals surface area contributed by atoms with Crippen LogP contribution < -0.4 is 10.6 Å². The zero-order chi connectivity index (χ0) is 16.7. The van der Waals surface area contributed by atoms with Crippen molar-refractivity contribution in [3.63, 3.8) is 0 Å². The summed E-state index contributed by atoms with van der Waals surface area (Å²) < 4.78 is 5.34. The van der Waals surface area contributed by atoms with Gasteiger partial charge >= 0.3 is 0 Å². The van der Waals surface area contributed by atoms with Gasteiger partial charge in [-0.25, -0.2) is 0 Å². The maximum atomic E-state index is 11.9. The first kappa shape index (κ1) is 16.7. The maximum Gasteiger partial charge on any atom is 0.286 e. The molecule has 23 heavy (non-hydrogen) atoms. The predicted molar refractivity (Wildman–Crippen MR) is 84.5 cm³/mol. The molecule has 0 saturated heterocycles. The van der Waals surface area contributed by atoms with Gasteiger partial charge in [0, 0.05) is 26.0 Å². The van der Waals surface area contributed by atoms with Crippen LogP contribution in [0.3, 0.4) is 0 Å². The van der Waals surface area contributed by atoms with Gasteiger partial charge in [-0.05, 0) is 30.8 Å². The Balaban J connectivity index is 1.76. The smallest absolute Gasteiger partial charge is 0.286 e. The zero-order valence-electron chi connectivity index (χ0n) is 13.2. The fourth-order valence-corrected chi connectivity index (χ4v) is 2.06. The van der Waals surface area contributed by atoms with Crippen molar-refractivity contribution in [1.82, 2.24) is 20.5 Å². The Morgan fingerprint density at radius 3 is 2.83 bits per heavy atom. The molecular weight excluding hydrogens is 296 g/mol. The van der Waals surface area contributed by atoms with E-state index in [9.17, 15) is 9.59 Å². The molecule has 0 atom stereocenters. The van der Waals surface area contributed by atoms with Crippen molar-refractivity contribution in [2.24, 2.45) is 0 Å². The maximum absolute atomic E-state index is 11.9. The molecular formula is C16H20N4O3. The van der Waals surface area contributed by atoms with Gasteiger partial charge in [0.05, 0.1) is 13.1 Å². The monoisotopic (exact) mass is 316 g/mol. The average Bonchev–Trinajstić information content (AvgIpc) is 3.02. The molecule has 2 aromatic rings. The number of nitrogens with one attached hydrogen (secondary N) is 2. The molecule has 0 aromatic carbocycles. The molecule has 0 aliphatic rings. The van der Waals surface area contributed by atoms with E-state index in [-0.39, 0.29) is 30.7 Å². The topological polar surface area (TPSA) is 87.5 Å². The molecule has 0 aliphatic carbocycles. The SMILES string of the molecule is CNC(=O)c1ccc(CNC(=O)CN(C)Cc2cccnc2)o1. The summed E-state index contributed by atoms with van der Waals surface area (Å²) in [7, 11) is 3.40. The van der Waals surface area contributed by atoms with Gasteiger partial charge in [0.15, 0.2) is 5.76 Å². The van der Waals surface area contributed by atoms with Gasteiger partial charge < -0.3 is 15.1 Å². The Kier molecular flexibility index (Phi) is 5.87. The lowest BCUT2D eigenvalue weighted by Gasteiger charge is -2.15. The van der Waals surface area contributed by atoms with Gasteiger partial charge in [-0.1, -0.05) is 6.07 Å². The lowest BCUT2D eigenvalue weighted by molar-refractivity contribution is -0.122. The van der Waals surface area contributed by atoms with Crippen molar-refractivity contribution in [3.05, 3.63) is 53.7 Å². The van der Waals surface area contributed by atoms with Crippen molar-refractivity contribution in [3.8, 4) is 0 Å². The summed E-state index contributed by atoms with van der Waals surface area (Å²) in [6.45, 7) is 1.15. The fourth-order valence-electron chi connectivity index (χ4n) is 2.06. The third-order valence-corrected chi connectivity index (χ3v) is 3.16. The first-order chi connectivity index (χ1) is 11.1. The predicted octanol–water partition coefficient (Wildman–Crippen LogP) is 0.782. The highest BCUT2D eigenvalue weighted by atomic mass is 16.4. The number of pyridine rings is 1. The Morgan fingerprint density at radius 2 is 2.13 bits per heavy atom. The number of hydrogen-bond donors (Lipinski definition) is 2. The van der Waals surface area contributed by atoms with Crippen LogP contribution in [0.25, 0.3) is 0 Å². The highest BCUT2D eigenvalue weighted by Gasteiger charge is 2.11. The van der Waals surface area contributed by atoms with Crippen LogP contribution in [0.15, 0.2) is 41.1 Å². The third-order valence-electron chi connectivity index (χ3n) is 3.16. The number of aromatic nitrogens is 1. The van der Waals surface area contributed by atoms with Crippen molar-refractivity contribution < 1.29 is 14.0 Å². The van der Waals surface area contributed by atoms with E-state index >= 15 is 0 Å². The number of furan rings is 1. The average molecular weight is 316 g/mol. The van der Waals surface area contributed by atoms with Gasteiger partial charge in [-0.15, -0.1) is 0 Å². The third kappa shape index (κ3) is 5.23. The molecule has 2 aromatic heterocycles. The van der Waals surface area contributed by atoms with Crippen molar-refractivity contribution >= 4 is 11.8 Å². The minimum Gasteiger partial charge on any atom is -0.454 e. The molecule has 0 unspecified atom stereocenters. The van der Waals surface area contributed by atoms with Crippen LogP contribution >= 0.6 is 0 Å². The first-order valence-electron chi connectivity index (χ1n) is 7.23. The van der Waals surface area contributed by atoms with Crippen LogP contribution in [0.1, 0.15) is 21.9 Å². The van der Waals surface area contributed by atoms with E-state index < -0.39 is 0 Å². The van der Waals surface area contributed by atoms with Crippen LogP contribution in [0.2, 0.25) is 0 Å². The van der Waals surface area contributed by atoms with Gasteiger partial charge in [-0.2, -0.15) is 0 Å². The normalized spacial score (nSPS) is 10.6. The number of amides is 2. The zero-order valence-corrected chi connectivity index (χ0v) is 13.2. The molecule has 2 amide bonds. The number of hydrogen-bond acceptors (Lipinski definition) is 5. The number of likely N-dealkylation sites (N-methyl/N-ethyl adjacent to an activating group) is 1. The molecule has 122 valence electrons. The Hall–Kier alpha value is -2.67. The van der Waals surface area contributed by atoms with E-state index in [2.05, 4.69) is 15.6 Å². The minimum absolute atomic E-state index is 0.116. The summed E-state index contributed by atoms with van der Waals surface area (Å²) in [6, 6.07) is 7.08. The molecule has 2 N–H and O–H groups in total. The van der Waals surface area contributed by atoms with E-state index in [0.29, 0.717) is 12.3 Å². The van der Waals surface area contributed by atoms with Gasteiger partial charge in [0.1, 0.15) is 5.76 Å². The lowest BCUT2D eigenvalue weighted by atomic mass is 10.3. The second-order valence-electron chi connectivity index (χ2n) is 5.16. The fraction of sp³-hybridized carbons (Fsp3) is 0.312. The number of carbonyl (C=O) groups is 2. The molecule has 0 radical (unpaired) electrons. The quantitative estimate of drug-likeness (QED) is 0.788. The Bertz CT molecular complexity index is 654. The Labute approximate surface area is 134 Å². The number of nitrogens with zero attached hydrogens (tertiary/aromatic N) is 2. The van der Waals surface area contributed by atoms with Crippen LogP contribution in [-0.4, -0.2) is 42.3 Å². The summed E-state index contributed by atoms with van der Waals surface area (Å²) in [4.78, 5) is 29.2. The summed E-state index contributed by atoms with van der Waals surface area (Å²) in [5, 5.41) is 5.24. The summed E-state index contributed by atoms with van der Waals surface area (Å²) in [6.07, 6.45) is 3.49. The minimum atomic E-state index is -0.293. The van der Waals surface area contributed by atoms with E-state index in [1.807, 2.05) is 24.1 Å². The van der Waals surface area contributed by atoms with E-state index in [1.54, 1.807) is 24.5 Å². The van der Waals surface area contributed by atoms with Crippen molar-refractivity contribution in [2.75, 3.05) is 20.6 Å². The molecule has 7 heteroatoms. The highest BCUT2D eigenvalue weighted by Crippen LogP contribution is 2.07. The van der Waals surface area contributed by atoms with Gasteiger partial charge in [-0.3, -0.25) is 19.5 Å². The molecule has 7 nitrogen and oxygen atoms in total. The van der Waals surface area contributed by atoms with Crippen molar-refractivity contribution in [2.45, 2.75) is 13.1 Å². The molecule has 0 bridgehead atoms. The number of rotatable bonds is 7. The van der Waals surface area contributed by atoms with Gasteiger partial charge in [0.25, 0.3) is 5.91 Å². The van der Waals surface area contributed by atoms with E-state index in [1.165, 1.54) is 7.05 Å². The first-order valence-corrected chi connectivity index (χ1v) is 7.23. The summed E-state index contributed by atoms with van der Waals surface area (Å²) >= 11 is 0. The molecule has 2 heterocycles. The lowest BCUT2D eigenvalue weighted by Crippen LogP contribution is -2.34. The highest BCUT2D eigenvalue weighted by molar-refractivity contribution is 5.91. The molecule has 0 spiro atoms. The van der Waals surface area contributed by atoms with Crippen LogP contribution in [0.5, 0.6) is 0 Å². The molecule has 2 rings (SSSR count). The summed E-state index contributed by atoms with van der Waals surface area (Å²) in [5.74, 6) is 0.352. The molecule has 0 aliphatic heterocycles. The second-order valence-corrected chi connectivity index (χ2v) is 5.16. The van der Waals surface area contributed by atoms with Crippen LogP contribution in [0.4, 0.5) is 0 Å². The number of carbonyl (C=O) groups excluding carboxylic acids is 2. The van der Waals surface area contributed by atoms with Crippen LogP contribution in [-0.2, 0) is 17.9 Å². The largest absolute Gasteiger partial charge is 0.454 e. The van der Waals surface area contributed by atoms with Crippen LogP contribution in [0, 0.1) is 0 Å². The standard InChI is InChI=1S/C16H20N4O3/c1-17-16(22)14-6-5-13(23-14)9-19-15(21)11-20(2)10-12-4-3-7-18-8-12/h3-8H,9-11H2,1-2H3,(H,17,22)(H,19,21). The van der Waals surface area contributed by atoms with Gasteiger partial charge in [0.2, 0.25) is 5.91 Å². The Morgan fingerprint density at radius 1 is 1.30 bits per heavy atom.